The molecule has 5 heteroatoms. The predicted octanol–water partition coefficient (Wildman–Crippen LogP) is 1.97. The third kappa shape index (κ3) is 3.49. The van der Waals surface area contributed by atoms with Crippen molar-refractivity contribution >= 4 is 11.3 Å². The number of thiophene rings is 1. The maximum atomic E-state index is 11.7. The number of nitriles is 1. The van der Waals surface area contributed by atoms with E-state index in [1.165, 1.54) is 11.3 Å². The maximum Gasteiger partial charge on any atom is 0.250 e. The Morgan fingerprint density at radius 3 is 2.85 bits per heavy atom. The summed E-state index contributed by atoms with van der Waals surface area (Å²) in [7, 11) is 0. The molecule has 0 fully saturated rings. The molecule has 0 aliphatic heterocycles. The molecule has 1 N–H and O–H groups in total. The Hall–Kier alpha value is -0.990. The second-order valence-corrected chi connectivity index (χ2v) is 3.57. The van der Waals surface area contributed by atoms with Gasteiger partial charge in [-0.3, -0.25) is 0 Å². The molecule has 0 spiro atoms. The molecule has 0 aliphatic rings. The molecule has 0 saturated heterocycles. The Kier molecular flexibility index (Phi) is 3.80. The van der Waals surface area contributed by atoms with Gasteiger partial charge < -0.3 is 5.32 Å². The van der Waals surface area contributed by atoms with Gasteiger partial charge in [-0.2, -0.15) is 5.26 Å². The highest BCUT2D eigenvalue weighted by atomic mass is 32.1. The van der Waals surface area contributed by atoms with Gasteiger partial charge in [0.05, 0.1) is 6.54 Å². The van der Waals surface area contributed by atoms with E-state index in [-0.39, 0.29) is 6.54 Å². The summed E-state index contributed by atoms with van der Waals surface area (Å²) in [6.45, 7) is 0.0937. The summed E-state index contributed by atoms with van der Waals surface area (Å²) in [5, 5.41) is 11.1. The highest BCUT2D eigenvalue weighted by molar-refractivity contribution is 7.12. The Balaban J connectivity index is 2.34. The number of rotatable bonds is 4. The summed E-state index contributed by atoms with van der Waals surface area (Å²) < 4.78 is 23.4. The molecular weight excluding hydrogens is 194 g/mol. The third-order valence-electron chi connectivity index (χ3n) is 1.37. The molecule has 0 bridgehead atoms. The van der Waals surface area contributed by atoms with Gasteiger partial charge in [-0.15, -0.1) is 11.3 Å². The van der Waals surface area contributed by atoms with E-state index in [4.69, 9.17) is 5.26 Å². The minimum absolute atomic E-state index is 0.306. The van der Waals surface area contributed by atoms with Crippen LogP contribution in [0.15, 0.2) is 12.1 Å². The number of nitrogens with one attached hydrogen (secondary N) is 1. The first-order chi connectivity index (χ1) is 6.22. The molecule has 70 valence electrons. The average Bonchev–Trinajstić information content (AvgIpc) is 2.52. The van der Waals surface area contributed by atoms with Crippen LogP contribution in [0.3, 0.4) is 0 Å². The zero-order valence-electron chi connectivity index (χ0n) is 6.76. The van der Waals surface area contributed by atoms with Gasteiger partial charge in [-0.05, 0) is 12.1 Å². The first-order valence-electron chi connectivity index (χ1n) is 3.70. The van der Waals surface area contributed by atoms with Crippen molar-refractivity contribution in [1.29, 1.82) is 5.26 Å². The van der Waals surface area contributed by atoms with Crippen LogP contribution in [0.25, 0.3) is 0 Å². The molecule has 0 saturated carbocycles. The van der Waals surface area contributed by atoms with Crippen LogP contribution in [0.1, 0.15) is 9.75 Å². The van der Waals surface area contributed by atoms with Crippen LogP contribution >= 0.6 is 11.3 Å². The number of hydrogen-bond donors (Lipinski definition) is 1. The van der Waals surface area contributed by atoms with Crippen molar-refractivity contribution in [2.24, 2.45) is 0 Å². The van der Waals surface area contributed by atoms with Crippen LogP contribution in [0.5, 0.6) is 0 Å². The second-order valence-electron chi connectivity index (χ2n) is 2.40. The first kappa shape index (κ1) is 10.1. The fourth-order valence-electron chi connectivity index (χ4n) is 0.837. The molecule has 0 radical (unpaired) electrons. The second kappa shape index (κ2) is 4.90. The van der Waals surface area contributed by atoms with Crippen LogP contribution in [0.2, 0.25) is 0 Å². The number of halogens is 2. The van der Waals surface area contributed by atoms with Gasteiger partial charge in [0.25, 0.3) is 6.43 Å². The lowest BCUT2D eigenvalue weighted by molar-refractivity contribution is 0.145. The molecule has 1 rings (SSSR count). The molecule has 0 unspecified atom stereocenters. The molecule has 0 aromatic carbocycles. The van der Waals surface area contributed by atoms with Crippen LogP contribution in [0.4, 0.5) is 8.78 Å². The SMILES string of the molecule is N#Cc1ccc(CNCC(F)F)s1. The van der Waals surface area contributed by atoms with Gasteiger partial charge in [0.2, 0.25) is 0 Å². The third-order valence-corrected chi connectivity index (χ3v) is 2.36. The van der Waals surface area contributed by atoms with Gasteiger partial charge >= 0.3 is 0 Å². The number of alkyl halides is 2. The monoisotopic (exact) mass is 202 g/mol. The highest BCUT2D eigenvalue weighted by Gasteiger charge is 2.02. The van der Waals surface area contributed by atoms with Gasteiger partial charge in [-0.25, -0.2) is 8.78 Å². The van der Waals surface area contributed by atoms with E-state index >= 15 is 0 Å². The van der Waals surface area contributed by atoms with E-state index in [0.29, 0.717) is 11.4 Å². The maximum absolute atomic E-state index is 11.7. The van der Waals surface area contributed by atoms with Crippen molar-refractivity contribution < 1.29 is 8.78 Å². The largest absolute Gasteiger partial charge is 0.306 e. The lowest BCUT2D eigenvalue weighted by Gasteiger charge is -2.00. The standard InChI is InChI=1S/C8H8F2N2S/c9-8(10)5-12-4-7-2-1-6(3-11)13-7/h1-2,8,12H,4-5H2. The Morgan fingerprint density at radius 2 is 2.31 bits per heavy atom. The molecule has 1 heterocycles. The van der Waals surface area contributed by atoms with E-state index < -0.39 is 6.43 Å². The van der Waals surface area contributed by atoms with Crippen molar-refractivity contribution in [3.8, 4) is 6.07 Å². The zero-order valence-corrected chi connectivity index (χ0v) is 7.57. The molecule has 0 atom stereocenters. The summed E-state index contributed by atoms with van der Waals surface area (Å²) in [6.07, 6.45) is -2.32. The van der Waals surface area contributed by atoms with E-state index in [1.54, 1.807) is 12.1 Å². The van der Waals surface area contributed by atoms with E-state index in [0.717, 1.165) is 4.88 Å². The summed E-state index contributed by atoms with van der Waals surface area (Å²) in [6, 6.07) is 5.44. The molecule has 0 aliphatic carbocycles. The Bertz CT molecular complexity index is 303. The normalized spacial score (nSPS) is 10.3. The highest BCUT2D eigenvalue weighted by Crippen LogP contribution is 2.14. The Labute approximate surface area is 78.8 Å². The van der Waals surface area contributed by atoms with Gasteiger partial charge in [0.15, 0.2) is 0 Å². The zero-order chi connectivity index (χ0) is 9.68. The molecule has 2 nitrogen and oxygen atoms in total. The fourth-order valence-corrected chi connectivity index (χ4v) is 1.61. The molecule has 0 amide bonds. The van der Waals surface area contributed by atoms with Gasteiger partial charge in [0, 0.05) is 11.4 Å². The summed E-state index contributed by atoms with van der Waals surface area (Å²) >= 11 is 1.32. The molecule has 13 heavy (non-hydrogen) atoms. The van der Waals surface area contributed by atoms with Crippen LogP contribution < -0.4 is 5.32 Å². The fraction of sp³-hybridized carbons (Fsp3) is 0.375. The quantitative estimate of drug-likeness (QED) is 0.810. The molecular formula is C8H8F2N2S. The van der Waals surface area contributed by atoms with Crippen molar-refractivity contribution in [2.45, 2.75) is 13.0 Å². The van der Waals surface area contributed by atoms with Crippen LogP contribution in [-0.2, 0) is 6.54 Å². The lowest BCUT2D eigenvalue weighted by Crippen LogP contribution is -2.19. The van der Waals surface area contributed by atoms with Crippen molar-refractivity contribution in [3.63, 3.8) is 0 Å². The smallest absolute Gasteiger partial charge is 0.250 e. The summed E-state index contributed by atoms with van der Waals surface area (Å²) in [4.78, 5) is 1.51. The van der Waals surface area contributed by atoms with Crippen molar-refractivity contribution in [3.05, 3.63) is 21.9 Å². The van der Waals surface area contributed by atoms with Crippen LogP contribution in [-0.4, -0.2) is 13.0 Å². The average molecular weight is 202 g/mol. The Morgan fingerprint density at radius 1 is 1.54 bits per heavy atom. The minimum atomic E-state index is -2.32. The summed E-state index contributed by atoms with van der Waals surface area (Å²) in [5.41, 5.74) is 0. The minimum Gasteiger partial charge on any atom is -0.306 e. The first-order valence-corrected chi connectivity index (χ1v) is 4.51. The van der Waals surface area contributed by atoms with Gasteiger partial charge in [-0.1, -0.05) is 0 Å². The molecule has 1 aromatic heterocycles. The molecule has 1 aromatic rings. The van der Waals surface area contributed by atoms with Gasteiger partial charge in [0.1, 0.15) is 10.9 Å². The van der Waals surface area contributed by atoms with E-state index in [1.807, 2.05) is 6.07 Å². The summed E-state index contributed by atoms with van der Waals surface area (Å²) in [5.74, 6) is 0. The van der Waals surface area contributed by atoms with E-state index in [2.05, 4.69) is 5.32 Å². The topological polar surface area (TPSA) is 35.8 Å². The predicted molar refractivity (Wildman–Crippen MR) is 46.7 cm³/mol. The number of nitrogens with zero attached hydrogens (tertiary/aromatic N) is 1. The lowest BCUT2D eigenvalue weighted by atomic mass is 10.4. The number of hydrogen-bond acceptors (Lipinski definition) is 3. The van der Waals surface area contributed by atoms with Crippen molar-refractivity contribution in [1.82, 2.24) is 5.32 Å². The van der Waals surface area contributed by atoms with Crippen LogP contribution in [0, 0.1) is 11.3 Å². The van der Waals surface area contributed by atoms with Crippen molar-refractivity contribution in [2.75, 3.05) is 6.54 Å². The van der Waals surface area contributed by atoms with E-state index in [9.17, 15) is 8.78 Å².